The summed E-state index contributed by atoms with van der Waals surface area (Å²) in [5.41, 5.74) is 4.12. The third kappa shape index (κ3) is 4.99. The molecule has 0 aliphatic heterocycles. The van der Waals surface area contributed by atoms with E-state index in [4.69, 9.17) is 4.98 Å². The van der Waals surface area contributed by atoms with Gasteiger partial charge in [0, 0.05) is 35.4 Å². The van der Waals surface area contributed by atoms with Crippen LogP contribution in [0.2, 0.25) is 0 Å². The summed E-state index contributed by atoms with van der Waals surface area (Å²) < 4.78 is 0. The summed E-state index contributed by atoms with van der Waals surface area (Å²) in [7, 11) is 0. The molecule has 3 aromatic rings. The SMILES string of the molecule is CCCCCNC(=O)Cc1ccc(-c2csc(-c3ccncc3)n2)cc1. The molecule has 134 valence electrons. The van der Waals surface area contributed by atoms with Crippen LogP contribution in [0.15, 0.2) is 54.2 Å². The summed E-state index contributed by atoms with van der Waals surface area (Å²) in [4.78, 5) is 20.7. The van der Waals surface area contributed by atoms with Crippen LogP contribution >= 0.6 is 11.3 Å². The van der Waals surface area contributed by atoms with Crippen LogP contribution in [0.1, 0.15) is 31.7 Å². The number of aromatic nitrogens is 2. The number of amides is 1. The van der Waals surface area contributed by atoms with E-state index in [1.165, 1.54) is 0 Å². The predicted octanol–water partition coefficient (Wildman–Crippen LogP) is 4.72. The van der Waals surface area contributed by atoms with Crippen LogP contribution in [0.5, 0.6) is 0 Å². The van der Waals surface area contributed by atoms with Gasteiger partial charge in [-0.2, -0.15) is 0 Å². The van der Waals surface area contributed by atoms with Crippen LogP contribution in [0.4, 0.5) is 0 Å². The molecule has 2 aromatic heterocycles. The Balaban J connectivity index is 1.59. The lowest BCUT2D eigenvalue weighted by Crippen LogP contribution is -2.26. The van der Waals surface area contributed by atoms with Gasteiger partial charge in [-0.15, -0.1) is 11.3 Å². The third-order valence-corrected chi connectivity index (χ3v) is 5.04. The molecule has 3 rings (SSSR count). The lowest BCUT2D eigenvalue weighted by Gasteiger charge is -2.05. The van der Waals surface area contributed by atoms with Gasteiger partial charge in [0.15, 0.2) is 0 Å². The van der Waals surface area contributed by atoms with Gasteiger partial charge in [-0.3, -0.25) is 9.78 Å². The van der Waals surface area contributed by atoms with E-state index in [9.17, 15) is 4.79 Å². The highest BCUT2D eigenvalue weighted by Crippen LogP contribution is 2.28. The summed E-state index contributed by atoms with van der Waals surface area (Å²) in [5.74, 6) is 0.0856. The molecule has 2 heterocycles. The quantitative estimate of drug-likeness (QED) is 0.588. The van der Waals surface area contributed by atoms with Gasteiger partial charge < -0.3 is 5.32 Å². The first-order valence-electron chi connectivity index (χ1n) is 8.98. The van der Waals surface area contributed by atoms with Crippen molar-refractivity contribution in [3.63, 3.8) is 0 Å². The van der Waals surface area contributed by atoms with E-state index >= 15 is 0 Å². The smallest absolute Gasteiger partial charge is 0.224 e. The zero-order valence-electron chi connectivity index (χ0n) is 14.9. The number of rotatable bonds is 8. The number of pyridine rings is 1. The number of nitrogens with one attached hydrogen (secondary N) is 1. The molecule has 0 aliphatic carbocycles. The Hall–Kier alpha value is -2.53. The minimum Gasteiger partial charge on any atom is -0.356 e. The lowest BCUT2D eigenvalue weighted by molar-refractivity contribution is -0.120. The van der Waals surface area contributed by atoms with E-state index in [1.54, 1.807) is 23.7 Å². The molecule has 1 amide bonds. The summed E-state index contributed by atoms with van der Waals surface area (Å²) in [6, 6.07) is 12.0. The van der Waals surface area contributed by atoms with E-state index in [0.29, 0.717) is 6.42 Å². The summed E-state index contributed by atoms with van der Waals surface area (Å²) in [6.07, 6.45) is 7.34. The van der Waals surface area contributed by atoms with Gasteiger partial charge in [0.1, 0.15) is 5.01 Å². The topological polar surface area (TPSA) is 54.9 Å². The zero-order valence-corrected chi connectivity index (χ0v) is 15.8. The summed E-state index contributed by atoms with van der Waals surface area (Å²) >= 11 is 1.62. The van der Waals surface area contributed by atoms with Crippen LogP contribution in [0.25, 0.3) is 21.8 Å². The van der Waals surface area contributed by atoms with Crippen molar-refractivity contribution in [2.24, 2.45) is 0 Å². The van der Waals surface area contributed by atoms with Crippen molar-refractivity contribution in [2.45, 2.75) is 32.6 Å². The number of hydrogen-bond acceptors (Lipinski definition) is 4. The average Bonchev–Trinajstić information content (AvgIpc) is 3.17. The Morgan fingerprint density at radius 1 is 1.04 bits per heavy atom. The second-order valence-electron chi connectivity index (χ2n) is 6.20. The molecule has 0 saturated carbocycles. The molecule has 0 unspecified atom stereocenters. The van der Waals surface area contributed by atoms with E-state index in [0.717, 1.165) is 53.2 Å². The number of benzene rings is 1. The highest BCUT2D eigenvalue weighted by molar-refractivity contribution is 7.13. The zero-order chi connectivity index (χ0) is 18.2. The van der Waals surface area contributed by atoms with Gasteiger partial charge >= 0.3 is 0 Å². The standard InChI is InChI=1S/C21H23N3OS/c1-2-3-4-11-23-20(25)14-16-5-7-17(8-6-16)19-15-26-21(24-19)18-9-12-22-13-10-18/h5-10,12-13,15H,2-4,11,14H2,1H3,(H,23,25). The Bertz CT molecular complexity index is 828. The molecule has 1 aromatic carbocycles. The van der Waals surface area contributed by atoms with Crippen molar-refractivity contribution in [3.8, 4) is 21.8 Å². The number of carbonyl (C=O) groups excluding carboxylic acids is 1. The molecular weight excluding hydrogens is 342 g/mol. The Morgan fingerprint density at radius 2 is 1.81 bits per heavy atom. The van der Waals surface area contributed by atoms with Gasteiger partial charge in [0.05, 0.1) is 12.1 Å². The number of unbranched alkanes of at least 4 members (excludes halogenated alkanes) is 2. The molecule has 4 nitrogen and oxygen atoms in total. The average molecular weight is 366 g/mol. The molecule has 0 atom stereocenters. The highest BCUT2D eigenvalue weighted by atomic mass is 32.1. The Kier molecular flexibility index (Phi) is 6.50. The molecule has 0 saturated heterocycles. The van der Waals surface area contributed by atoms with Crippen molar-refractivity contribution in [1.29, 1.82) is 0 Å². The van der Waals surface area contributed by atoms with Gasteiger partial charge in [0.25, 0.3) is 0 Å². The molecular formula is C21H23N3OS. The summed E-state index contributed by atoms with van der Waals surface area (Å²) in [5, 5.41) is 6.02. The van der Waals surface area contributed by atoms with Gasteiger partial charge in [0.2, 0.25) is 5.91 Å². The number of carbonyl (C=O) groups is 1. The summed E-state index contributed by atoms with van der Waals surface area (Å²) in [6.45, 7) is 2.92. The monoisotopic (exact) mass is 365 g/mol. The third-order valence-electron chi connectivity index (χ3n) is 4.15. The largest absolute Gasteiger partial charge is 0.356 e. The molecule has 0 radical (unpaired) electrons. The second kappa shape index (κ2) is 9.25. The minimum atomic E-state index is 0.0856. The molecule has 0 aliphatic rings. The van der Waals surface area contributed by atoms with Crippen LogP contribution in [0, 0.1) is 0 Å². The van der Waals surface area contributed by atoms with Crippen LogP contribution in [0.3, 0.4) is 0 Å². The fraction of sp³-hybridized carbons (Fsp3) is 0.286. The van der Waals surface area contributed by atoms with Crippen molar-refractivity contribution in [3.05, 3.63) is 59.7 Å². The first-order valence-corrected chi connectivity index (χ1v) is 9.86. The second-order valence-corrected chi connectivity index (χ2v) is 7.06. The van der Waals surface area contributed by atoms with E-state index in [-0.39, 0.29) is 5.91 Å². The van der Waals surface area contributed by atoms with E-state index in [1.807, 2.05) is 36.4 Å². The van der Waals surface area contributed by atoms with Crippen LogP contribution in [-0.4, -0.2) is 22.4 Å². The van der Waals surface area contributed by atoms with E-state index < -0.39 is 0 Å². The fourth-order valence-corrected chi connectivity index (χ4v) is 3.51. The maximum Gasteiger partial charge on any atom is 0.224 e. The maximum atomic E-state index is 12.0. The minimum absolute atomic E-state index is 0.0856. The molecule has 5 heteroatoms. The van der Waals surface area contributed by atoms with Gasteiger partial charge in [-0.25, -0.2) is 4.98 Å². The normalized spacial score (nSPS) is 10.7. The Labute approximate surface area is 158 Å². The van der Waals surface area contributed by atoms with Crippen LogP contribution in [-0.2, 0) is 11.2 Å². The maximum absolute atomic E-state index is 12.0. The lowest BCUT2D eigenvalue weighted by atomic mass is 10.1. The molecule has 1 N–H and O–H groups in total. The van der Waals surface area contributed by atoms with Crippen molar-refractivity contribution in [2.75, 3.05) is 6.54 Å². The van der Waals surface area contributed by atoms with Crippen molar-refractivity contribution < 1.29 is 4.79 Å². The van der Waals surface area contributed by atoms with Crippen molar-refractivity contribution in [1.82, 2.24) is 15.3 Å². The molecule has 0 fully saturated rings. The van der Waals surface area contributed by atoms with Crippen molar-refractivity contribution >= 4 is 17.2 Å². The number of nitrogens with zero attached hydrogens (tertiary/aromatic N) is 2. The molecule has 0 bridgehead atoms. The van der Waals surface area contributed by atoms with Gasteiger partial charge in [-0.05, 0) is 24.1 Å². The molecule has 26 heavy (non-hydrogen) atoms. The predicted molar refractivity (Wildman–Crippen MR) is 107 cm³/mol. The van der Waals surface area contributed by atoms with Crippen LogP contribution < -0.4 is 5.32 Å². The first kappa shape index (κ1) is 18.3. The van der Waals surface area contributed by atoms with Gasteiger partial charge in [-0.1, -0.05) is 44.0 Å². The highest BCUT2D eigenvalue weighted by Gasteiger charge is 2.08. The number of thiazole rings is 1. The Morgan fingerprint density at radius 3 is 2.54 bits per heavy atom. The fourth-order valence-electron chi connectivity index (χ4n) is 2.68. The first-order chi connectivity index (χ1) is 12.8. The number of hydrogen-bond donors (Lipinski definition) is 1. The van der Waals surface area contributed by atoms with E-state index in [2.05, 4.69) is 22.6 Å². The molecule has 0 spiro atoms.